The zero-order valence-corrected chi connectivity index (χ0v) is 16.3. The third-order valence-electron chi connectivity index (χ3n) is 4.56. The summed E-state index contributed by atoms with van der Waals surface area (Å²) in [6.07, 6.45) is 13.3. The number of unbranched alkanes of at least 4 members (excludes halogenated alkanes) is 3. The zero-order chi connectivity index (χ0) is 19.1. The van der Waals surface area contributed by atoms with E-state index >= 15 is 0 Å². The molecule has 0 fully saturated rings. The van der Waals surface area contributed by atoms with Crippen LogP contribution in [0, 0.1) is 4.77 Å². The molecule has 0 aliphatic carbocycles. The Hall–Kier alpha value is -2.60. The van der Waals surface area contributed by atoms with Crippen LogP contribution in [0.3, 0.4) is 0 Å². The fourth-order valence-electron chi connectivity index (χ4n) is 3.05. The van der Waals surface area contributed by atoms with E-state index in [1.54, 1.807) is 12.4 Å². The number of hydrogen-bond donors (Lipinski definition) is 1. The first-order chi connectivity index (χ1) is 13.2. The van der Waals surface area contributed by atoms with Gasteiger partial charge in [0.15, 0.2) is 4.77 Å². The molecule has 3 aromatic rings. The Bertz CT molecular complexity index is 978. The fraction of sp³-hybridized carbons (Fsp3) is 0.333. The highest BCUT2D eigenvalue weighted by Crippen LogP contribution is 2.14. The smallest absolute Gasteiger partial charge is 0.255 e. The largest absolute Gasteiger partial charge is 0.299 e. The summed E-state index contributed by atoms with van der Waals surface area (Å²) in [5.41, 5.74) is 3.61. The molecule has 1 aromatic carbocycles. The second-order valence-electron chi connectivity index (χ2n) is 6.68. The van der Waals surface area contributed by atoms with Crippen molar-refractivity contribution in [3.05, 3.63) is 81.0 Å². The lowest BCUT2D eigenvalue weighted by atomic mass is 10.1. The van der Waals surface area contributed by atoms with Crippen LogP contribution in [0.5, 0.6) is 0 Å². The lowest BCUT2D eigenvalue weighted by Crippen LogP contribution is -2.17. The lowest BCUT2D eigenvalue weighted by molar-refractivity contribution is 0.667. The number of aryl methyl sites for hydroxylation is 1. The summed E-state index contributed by atoms with van der Waals surface area (Å²) in [5.74, 6) is 0. The van der Waals surface area contributed by atoms with Crippen molar-refractivity contribution in [2.75, 3.05) is 0 Å². The molecule has 2 aromatic heterocycles. The van der Waals surface area contributed by atoms with Gasteiger partial charge in [-0.2, -0.15) is 0 Å². The standard InChI is InChI=1S/C21H24N4OS/c1-2-3-4-5-6-16-7-9-19(10-8-16)25-14-18(20(26)24-21(25)27)11-17-12-22-15-23-13-17/h7-10,12-15H,2-6,11H2,1H3,(H,24,26,27). The first-order valence-electron chi connectivity index (χ1n) is 9.35. The van der Waals surface area contributed by atoms with Crippen molar-refractivity contribution < 1.29 is 0 Å². The second-order valence-corrected chi connectivity index (χ2v) is 7.07. The average Bonchev–Trinajstić information content (AvgIpc) is 2.69. The molecule has 0 aliphatic heterocycles. The quantitative estimate of drug-likeness (QED) is 0.465. The molecule has 1 N–H and O–H groups in total. The van der Waals surface area contributed by atoms with E-state index in [2.05, 4.69) is 46.1 Å². The molecule has 140 valence electrons. The van der Waals surface area contributed by atoms with Crippen LogP contribution in [0.2, 0.25) is 0 Å². The normalized spacial score (nSPS) is 10.9. The molecule has 0 unspecified atom stereocenters. The molecule has 0 amide bonds. The number of hydrogen-bond acceptors (Lipinski definition) is 4. The molecule has 0 spiro atoms. The maximum atomic E-state index is 12.3. The molecule has 27 heavy (non-hydrogen) atoms. The van der Waals surface area contributed by atoms with Crippen molar-refractivity contribution in [1.29, 1.82) is 0 Å². The van der Waals surface area contributed by atoms with E-state index in [0.717, 1.165) is 17.7 Å². The number of benzene rings is 1. The molecule has 6 heteroatoms. The van der Waals surface area contributed by atoms with E-state index < -0.39 is 0 Å². The first-order valence-corrected chi connectivity index (χ1v) is 9.76. The molecule has 5 nitrogen and oxygen atoms in total. The molecular formula is C21H24N4OS. The van der Waals surface area contributed by atoms with Gasteiger partial charge in [-0.25, -0.2) is 9.97 Å². The highest BCUT2D eigenvalue weighted by atomic mass is 32.1. The zero-order valence-electron chi connectivity index (χ0n) is 15.5. The highest BCUT2D eigenvalue weighted by Gasteiger charge is 2.07. The summed E-state index contributed by atoms with van der Waals surface area (Å²) in [4.78, 5) is 23.1. The number of H-pyrrole nitrogens is 1. The van der Waals surface area contributed by atoms with Gasteiger partial charge in [-0.1, -0.05) is 38.3 Å². The Balaban J connectivity index is 1.80. The number of rotatable bonds is 8. The van der Waals surface area contributed by atoms with E-state index in [-0.39, 0.29) is 5.56 Å². The van der Waals surface area contributed by atoms with Crippen molar-refractivity contribution >= 4 is 12.2 Å². The molecule has 2 heterocycles. The molecule has 0 saturated carbocycles. The van der Waals surface area contributed by atoms with E-state index in [0.29, 0.717) is 16.8 Å². The Morgan fingerprint density at radius 3 is 2.48 bits per heavy atom. The third kappa shape index (κ3) is 5.20. The van der Waals surface area contributed by atoms with Gasteiger partial charge in [-0.3, -0.25) is 14.3 Å². The second kappa shape index (κ2) is 9.37. The maximum absolute atomic E-state index is 12.3. The summed E-state index contributed by atoms with van der Waals surface area (Å²) >= 11 is 5.36. The predicted molar refractivity (Wildman–Crippen MR) is 110 cm³/mol. The Morgan fingerprint density at radius 2 is 1.78 bits per heavy atom. The third-order valence-corrected chi connectivity index (χ3v) is 4.86. The van der Waals surface area contributed by atoms with Gasteiger partial charge < -0.3 is 0 Å². The summed E-state index contributed by atoms with van der Waals surface area (Å²) in [6.45, 7) is 2.22. The molecule has 0 saturated heterocycles. The van der Waals surface area contributed by atoms with Gasteiger partial charge in [-0.15, -0.1) is 0 Å². The number of aromatic nitrogens is 4. The van der Waals surface area contributed by atoms with Crippen molar-refractivity contribution in [2.24, 2.45) is 0 Å². The molecule has 3 rings (SSSR count). The number of nitrogens with one attached hydrogen (secondary N) is 1. The summed E-state index contributed by atoms with van der Waals surface area (Å²) in [6, 6.07) is 8.38. The van der Waals surface area contributed by atoms with Gasteiger partial charge in [0.2, 0.25) is 0 Å². The minimum Gasteiger partial charge on any atom is -0.299 e. The van der Waals surface area contributed by atoms with Crippen LogP contribution in [0.25, 0.3) is 5.69 Å². The topological polar surface area (TPSA) is 63.6 Å². The number of aromatic amines is 1. The molecular weight excluding hydrogens is 356 g/mol. The van der Waals surface area contributed by atoms with Gasteiger partial charge in [-0.05, 0) is 48.3 Å². The van der Waals surface area contributed by atoms with Gasteiger partial charge >= 0.3 is 0 Å². The average molecular weight is 381 g/mol. The van der Waals surface area contributed by atoms with Crippen LogP contribution in [0.4, 0.5) is 0 Å². The first kappa shape index (κ1) is 19.2. The van der Waals surface area contributed by atoms with Crippen LogP contribution in [0.1, 0.15) is 49.3 Å². The van der Waals surface area contributed by atoms with Crippen LogP contribution in [0.15, 0.2) is 54.0 Å². The molecule has 0 atom stereocenters. The van der Waals surface area contributed by atoms with Crippen LogP contribution in [-0.4, -0.2) is 19.5 Å². The number of nitrogens with zero attached hydrogens (tertiary/aromatic N) is 3. The fourth-order valence-corrected chi connectivity index (χ4v) is 3.30. The SMILES string of the molecule is CCCCCCc1ccc(-n2cc(Cc3cncnc3)c(=O)[nH]c2=S)cc1. The van der Waals surface area contributed by atoms with Crippen LogP contribution >= 0.6 is 12.2 Å². The van der Waals surface area contributed by atoms with Crippen molar-refractivity contribution in [3.63, 3.8) is 0 Å². The minimum absolute atomic E-state index is 0.173. The summed E-state index contributed by atoms with van der Waals surface area (Å²) in [7, 11) is 0. The molecule has 0 radical (unpaired) electrons. The highest BCUT2D eigenvalue weighted by molar-refractivity contribution is 7.71. The lowest BCUT2D eigenvalue weighted by Gasteiger charge is -2.10. The van der Waals surface area contributed by atoms with Crippen LogP contribution < -0.4 is 5.56 Å². The van der Waals surface area contributed by atoms with Gasteiger partial charge in [0.25, 0.3) is 5.56 Å². The monoisotopic (exact) mass is 380 g/mol. The van der Waals surface area contributed by atoms with Crippen molar-refractivity contribution in [3.8, 4) is 5.69 Å². The Labute approximate surface area is 164 Å². The predicted octanol–water partition coefficient (Wildman–Crippen LogP) is 4.40. The van der Waals surface area contributed by atoms with Crippen molar-refractivity contribution in [2.45, 2.75) is 45.4 Å². The van der Waals surface area contributed by atoms with E-state index in [4.69, 9.17) is 12.2 Å². The van der Waals surface area contributed by atoms with E-state index in [1.165, 1.54) is 37.6 Å². The maximum Gasteiger partial charge on any atom is 0.255 e. The van der Waals surface area contributed by atoms with E-state index in [9.17, 15) is 4.79 Å². The summed E-state index contributed by atoms with van der Waals surface area (Å²) < 4.78 is 2.24. The Morgan fingerprint density at radius 1 is 1.04 bits per heavy atom. The van der Waals surface area contributed by atoms with Gasteiger partial charge in [0.1, 0.15) is 6.33 Å². The molecule has 0 bridgehead atoms. The van der Waals surface area contributed by atoms with Crippen LogP contribution in [-0.2, 0) is 12.8 Å². The van der Waals surface area contributed by atoms with Gasteiger partial charge in [0, 0.05) is 36.3 Å². The van der Waals surface area contributed by atoms with Crippen molar-refractivity contribution in [1.82, 2.24) is 19.5 Å². The molecule has 0 aliphatic rings. The Kier molecular flexibility index (Phi) is 6.65. The summed E-state index contributed by atoms with van der Waals surface area (Å²) in [5, 5.41) is 0. The van der Waals surface area contributed by atoms with Gasteiger partial charge in [0.05, 0.1) is 0 Å². The van der Waals surface area contributed by atoms with E-state index in [1.807, 2.05) is 10.8 Å². The minimum atomic E-state index is -0.173.